The second-order valence-electron chi connectivity index (χ2n) is 11.6. The maximum atomic E-state index is 13.4. The van der Waals surface area contributed by atoms with E-state index in [1.165, 1.54) is 48.5 Å². The van der Waals surface area contributed by atoms with Gasteiger partial charge in [-0.25, -0.2) is 17.9 Å². The number of carbonyl (C=O) groups excluding carboxylic acids is 1. The van der Waals surface area contributed by atoms with Crippen LogP contribution in [0.25, 0.3) is 0 Å². The molecular weight excluding hydrogens is 657 g/mol. The Morgan fingerprint density at radius 3 is 1.78 bits per heavy atom. The first-order chi connectivity index (χ1) is 21.4. The molecule has 0 aliphatic heterocycles. The third kappa shape index (κ3) is 11.5. The maximum absolute atomic E-state index is 13.4. The molecule has 0 unspecified atom stereocenters. The van der Waals surface area contributed by atoms with Gasteiger partial charge in [0.15, 0.2) is 0 Å². The van der Waals surface area contributed by atoms with Gasteiger partial charge in [-0.2, -0.15) is 16.8 Å². The Hall–Kier alpha value is -3.34. The van der Waals surface area contributed by atoms with Crippen LogP contribution in [0.4, 0.5) is 4.79 Å². The summed E-state index contributed by atoms with van der Waals surface area (Å²) >= 11 is 0. The molecule has 12 nitrogen and oxygen atoms in total. The topological polar surface area (TPSA) is 171 Å². The molecule has 1 amide bonds. The third-order valence-corrected chi connectivity index (χ3v) is 10.6. The van der Waals surface area contributed by atoms with Gasteiger partial charge in [-0.15, -0.1) is 0 Å². The number of aryl methyl sites for hydroxylation is 2. The number of rotatable bonds is 15. The number of sulfonamides is 1. The normalized spacial score (nSPS) is 13.9. The van der Waals surface area contributed by atoms with E-state index < -0.39 is 60.7 Å². The Morgan fingerprint density at radius 1 is 0.739 bits per heavy atom. The number of hydrogen-bond donors (Lipinski definition) is 2. The van der Waals surface area contributed by atoms with E-state index in [2.05, 4.69) is 10.0 Å². The molecule has 2 N–H and O–H groups in total. The van der Waals surface area contributed by atoms with Crippen LogP contribution in [0.2, 0.25) is 0 Å². The second-order valence-corrected chi connectivity index (χ2v) is 16.5. The largest absolute Gasteiger partial charge is 0.444 e. The van der Waals surface area contributed by atoms with Crippen molar-refractivity contribution in [2.75, 3.05) is 13.2 Å². The number of alkyl carbamates (subject to hydrolysis) is 1. The van der Waals surface area contributed by atoms with Gasteiger partial charge in [0, 0.05) is 6.54 Å². The first-order valence-electron chi connectivity index (χ1n) is 14.4. The lowest BCUT2D eigenvalue weighted by Gasteiger charge is -2.27. The Kier molecular flexibility index (Phi) is 12.5. The monoisotopic (exact) mass is 696 g/mol. The van der Waals surface area contributed by atoms with Crippen LogP contribution in [-0.4, -0.2) is 62.2 Å². The van der Waals surface area contributed by atoms with Gasteiger partial charge in [0.25, 0.3) is 20.2 Å². The van der Waals surface area contributed by atoms with Gasteiger partial charge in [0.05, 0.1) is 33.4 Å². The minimum absolute atomic E-state index is 0.0139. The highest BCUT2D eigenvalue weighted by atomic mass is 32.2. The van der Waals surface area contributed by atoms with E-state index >= 15 is 0 Å². The molecule has 3 rings (SSSR count). The van der Waals surface area contributed by atoms with Crippen LogP contribution >= 0.6 is 0 Å². The van der Waals surface area contributed by atoms with Gasteiger partial charge in [0.2, 0.25) is 10.0 Å². The van der Waals surface area contributed by atoms with Crippen molar-refractivity contribution in [1.82, 2.24) is 10.0 Å². The van der Waals surface area contributed by atoms with E-state index in [1.807, 2.05) is 0 Å². The predicted octanol–water partition coefficient (Wildman–Crippen LogP) is 4.43. The minimum Gasteiger partial charge on any atom is -0.444 e. The van der Waals surface area contributed by atoms with Crippen LogP contribution in [0.3, 0.4) is 0 Å². The Labute approximate surface area is 271 Å². The van der Waals surface area contributed by atoms with Gasteiger partial charge < -0.3 is 10.1 Å². The van der Waals surface area contributed by atoms with Gasteiger partial charge in [-0.1, -0.05) is 53.6 Å². The van der Waals surface area contributed by atoms with Crippen molar-refractivity contribution in [1.29, 1.82) is 0 Å². The first-order valence-corrected chi connectivity index (χ1v) is 18.7. The fraction of sp³-hybridized carbons (Fsp3) is 0.387. The summed E-state index contributed by atoms with van der Waals surface area (Å²) in [7, 11) is -13.2. The number of amides is 1. The zero-order valence-corrected chi connectivity index (χ0v) is 28.7. The second kappa shape index (κ2) is 15.5. The van der Waals surface area contributed by atoms with Crippen molar-refractivity contribution in [2.24, 2.45) is 0 Å². The van der Waals surface area contributed by atoms with Gasteiger partial charge in [-0.3, -0.25) is 8.37 Å². The van der Waals surface area contributed by atoms with E-state index in [1.54, 1.807) is 65.0 Å². The standard InChI is InChI=1S/C31H40N2O10S3/c1-23-13-17-26(18-14-23)45(37,38)41-22-28(33-44(35,36)25-10-7-6-8-11-25)29(12-9-21-32-30(34)42-31(3,4)5)43-46(39,40)27-19-15-24(2)16-20-27/h6-8,10-11,13-20,28-29,33H,9,12,21-22H2,1-5H3,(H,32,34)/t28-,29-/m1/s1. The molecule has 0 saturated carbocycles. The summed E-state index contributed by atoms with van der Waals surface area (Å²) in [5.41, 5.74) is 0.855. The number of ether oxygens (including phenoxy) is 1. The van der Waals surface area contributed by atoms with Gasteiger partial charge in [-0.05, 0) is 83.9 Å². The summed E-state index contributed by atoms with van der Waals surface area (Å²) in [6.07, 6.45) is -2.22. The molecule has 252 valence electrons. The van der Waals surface area contributed by atoms with E-state index in [-0.39, 0.29) is 34.1 Å². The van der Waals surface area contributed by atoms with Crippen molar-refractivity contribution < 1.29 is 43.2 Å². The summed E-state index contributed by atoms with van der Waals surface area (Å²) in [6.45, 7) is 7.84. The first kappa shape index (κ1) is 37.1. The lowest BCUT2D eigenvalue weighted by molar-refractivity contribution is 0.0522. The van der Waals surface area contributed by atoms with Crippen LogP contribution < -0.4 is 10.0 Å². The molecule has 0 fully saturated rings. The number of carbonyl (C=O) groups is 1. The smallest absolute Gasteiger partial charge is 0.407 e. The highest BCUT2D eigenvalue weighted by Gasteiger charge is 2.34. The van der Waals surface area contributed by atoms with Crippen molar-refractivity contribution >= 4 is 36.4 Å². The van der Waals surface area contributed by atoms with E-state index in [0.29, 0.717) is 0 Å². The van der Waals surface area contributed by atoms with Crippen molar-refractivity contribution in [3.05, 3.63) is 90.0 Å². The minimum atomic E-state index is -4.48. The number of nitrogens with one attached hydrogen (secondary N) is 2. The highest BCUT2D eigenvalue weighted by molar-refractivity contribution is 7.89. The van der Waals surface area contributed by atoms with Crippen molar-refractivity contribution in [3.63, 3.8) is 0 Å². The van der Waals surface area contributed by atoms with Crippen LogP contribution in [0, 0.1) is 13.8 Å². The summed E-state index contributed by atoms with van der Waals surface area (Å²) in [5.74, 6) is 0. The van der Waals surface area contributed by atoms with Crippen LogP contribution in [0.5, 0.6) is 0 Å². The molecule has 46 heavy (non-hydrogen) atoms. The lowest BCUT2D eigenvalue weighted by atomic mass is 10.1. The molecule has 3 aromatic carbocycles. The summed E-state index contributed by atoms with van der Waals surface area (Å²) < 4.78 is 98.3. The van der Waals surface area contributed by atoms with Crippen molar-refractivity contribution in [2.45, 2.75) is 79.9 Å². The van der Waals surface area contributed by atoms with E-state index in [0.717, 1.165) is 11.1 Å². The molecule has 15 heteroatoms. The average molecular weight is 697 g/mol. The zero-order chi connectivity index (χ0) is 34.2. The fourth-order valence-electron chi connectivity index (χ4n) is 4.07. The predicted molar refractivity (Wildman–Crippen MR) is 172 cm³/mol. The fourth-order valence-corrected chi connectivity index (χ4v) is 7.40. The molecule has 3 aromatic rings. The third-order valence-electron chi connectivity index (χ3n) is 6.41. The quantitative estimate of drug-likeness (QED) is 0.171. The summed E-state index contributed by atoms with van der Waals surface area (Å²) in [5, 5.41) is 2.56. The Balaban J connectivity index is 1.96. The van der Waals surface area contributed by atoms with E-state index in [4.69, 9.17) is 13.1 Å². The van der Waals surface area contributed by atoms with Crippen molar-refractivity contribution in [3.8, 4) is 0 Å². The molecule has 0 radical (unpaired) electrons. The molecule has 0 aromatic heterocycles. The van der Waals surface area contributed by atoms with Gasteiger partial charge in [0.1, 0.15) is 5.60 Å². The zero-order valence-electron chi connectivity index (χ0n) is 26.3. The molecular formula is C31H40N2O10S3. The van der Waals surface area contributed by atoms with Gasteiger partial charge >= 0.3 is 6.09 Å². The molecule has 0 aliphatic carbocycles. The molecule has 0 spiro atoms. The molecule has 0 bridgehead atoms. The van der Waals surface area contributed by atoms with E-state index in [9.17, 15) is 30.0 Å². The molecule has 0 heterocycles. The maximum Gasteiger partial charge on any atom is 0.407 e. The Morgan fingerprint density at radius 2 is 1.26 bits per heavy atom. The molecule has 0 saturated heterocycles. The summed E-state index contributed by atoms with van der Waals surface area (Å²) in [4.78, 5) is 11.6. The van der Waals surface area contributed by atoms with Crippen LogP contribution in [0.15, 0.2) is 93.5 Å². The molecule has 0 aliphatic rings. The van der Waals surface area contributed by atoms with Crippen LogP contribution in [0.1, 0.15) is 44.7 Å². The lowest BCUT2D eigenvalue weighted by Crippen LogP contribution is -2.48. The van der Waals surface area contributed by atoms with Crippen LogP contribution in [-0.2, 0) is 43.4 Å². The molecule has 2 atom stereocenters. The summed E-state index contributed by atoms with van der Waals surface area (Å²) in [6, 6.07) is 17.4. The number of hydrogen-bond acceptors (Lipinski definition) is 10. The Bertz CT molecular complexity index is 1770. The SMILES string of the molecule is Cc1ccc(S(=O)(=O)OC[C@@H](NS(=O)(=O)c2ccccc2)[C@@H](CCCNC(=O)OC(C)(C)C)OS(=O)(=O)c2ccc(C)cc2)cc1. The average Bonchev–Trinajstić information content (AvgIpc) is 2.97. The highest BCUT2D eigenvalue weighted by Crippen LogP contribution is 2.22. The number of benzene rings is 3.